The zero-order valence-corrected chi connectivity index (χ0v) is 19.0. The first-order valence-electron chi connectivity index (χ1n) is 11.9. The van der Waals surface area contributed by atoms with Gasteiger partial charge in [0.2, 0.25) is 0 Å². The molecule has 1 saturated heterocycles. The number of pyridine rings is 1. The second kappa shape index (κ2) is 8.20. The minimum absolute atomic E-state index is 0.163. The molecule has 6 rings (SSSR count). The van der Waals surface area contributed by atoms with E-state index in [-0.39, 0.29) is 5.56 Å². The van der Waals surface area contributed by atoms with Gasteiger partial charge in [-0.3, -0.25) is 4.79 Å². The molecule has 1 unspecified atom stereocenters. The number of aromatic nitrogens is 1. The molecule has 0 aliphatic carbocycles. The summed E-state index contributed by atoms with van der Waals surface area (Å²) in [5.74, 6) is 1.90. The largest absolute Gasteiger partial charge is 0.497 e. The maximum Gasteiger partial charge on any atom is 0.258 e. The van der Waals surface area contributed by atoms with Crippen LogP contribution in [0.1, 0.15) is 23.6 Å². The lowest BCUT2D eigenvalue weighted by Gasteiger charge is -2.40. The quantitative estimate of drug-likeness (QED) is 0.526. The van der Waals surface area contributed by atoms with Crippen molar-refractivity contribution in [3.8, 4) is 16.9 Å². The normalized spacial score (nSPS) is 21.5. The zero-order chi connectivity index (χ0) is 22.4. The summed E-state index contributed by atoms with van der Waals surface area (Å²) in [5, 5.41) is 2.38. The van der Waals surface area contributed by atoms with Crippen molar-refractivity contribution in [1.29, 1.82) is 0 Å². The average Bonchev–Trinajstić information content (AvgIpc) is 2.85. The van der Waals surface area contributed by atoms with Crippen LogP contribution in [0.15, 0.2) is 83.7 Å². The number of fused-ring (bicyclic) bond motifs is 5. The van der Waals surface area contributed by atoms with Gasteiger partial charge in [-0.2, -0.15) is 0 Å². The number of hydrogen-bond donors (Lipinski definition) is 1. The van der Waals surface area contributed by atoms with Crippen LogP contribution in [0.3, 0.4) is 0 Å². The fourth-order valence-electron chi connectivity index (χ4n) is 5.92. The minimum Gasteiger partial charge on any atom is -0.497 e. The fraction of sp³-hybridized carbons (Fsp3) is 0.276. The van der Waals surface area contributed by atoms with Crippen LogP contribution in [-0.4, -0.2) is 24.8 Å². The van der Waals surface area contributed by atoms with Gasteiger partial charge in [0.1, 0.15) is 12.3 Å². The molecule has 0 amide bonds. The fourth-order valence-corrected chi connectivity index (χ4v) is 5.92. The summed E-state index contributed by atoms with van der Waals surface area (Å²) in [7, 11) is 1.71. The maximum absolute atomic E-state index is 13.6. The summed E-state index contributed by atoms with van der Waals surface area (Å²) in [6, 6.07) is 27.4. The highest BCUT2D eigenvalue weighted by Gasteiger charge is 2.37. The van der Waals surface area contributed by atoms with E-state index in [9.17, 15) is 4.79 Å². The Hall–Kier alpha value is -3.37. The molecule has 166 valence electrons. The summed E-state index contributed by atoms with van der Waals surface area (Å²) < 4.78 is 7.37. The number of rotatable bonds is 4. The third-order valence-electron chi connectivity index (χ3n) is 7.47. The first-order chi connectivity index (χ1) is 16.2. The molecule has 1 N–H and O–H groups in total. The lowest BCUT2D eigenvalue weighted by molar-refractivity contribution is -0.924. The number of quaternary nitrogens is 1. The van der Waals surface area contributed by atoms with Crippen molar-refractivity contribution < 1.29 is 9.64 Å². The summed E-state index contributed by atoms with van der Waals surface area (Å²) in [6.07, 6.45) is 1.20. The van der Waals surface area contributed by atoms with Crippen LogP contribution < -0.4 is 15.2 Å². The van der Waals surface area contributed by atoms with Crippen molar-refractivity contribution in [2.24, 2.45) is 5.92 Å². The molecule has 1 aromatic heterocycles. The highest BCUT2D eigenvalue weighted by atomic mass is 16.5. The van der Waals surface area contributed by atoms with Crippen LogP contribution in [0.2, 0.25) is 0 Å². The molecule has 1 fully saturated rings. The molecule has 2 bridgehead atoms. The van der Waals surface area contributed by atoms with Crippen molar-refractivity contribution in [3.05, 3.63) is 100 Å². The van der Waals surface area contributed by atoms with E-state index in [0.29, 0.717) is 11.8 Å². The number of likely N-dealkylation sites (tertiary alicyclic amines) is 1. The number of benzene rings is 3. The third-order valence-corrected chi connectivity index (χ3v) is 7.47. The Balaban J connectivity index is 1.28. The van der Waals surface area contributed by atoms with Gasteiger partial charge in [-0.15, -0.1) is 0 Å². The molecule has 3 aromatic carbocycles. The zero-order valence-electron chi connectivity index (χ0n) is 19.0. The molecule has 33 heavy (non-hydrogen) atoms. The number of nitrogens with zero attached hydrogens (tertiary/aromatic N) is 1. The molecule has 3 atom stereocenters. The van der Waals surface area contributed by atoms with Gasteiger partial charge in [-0.25, -0.2) is 0 Å². The van der Waals surface area contributed by atoms with Crippen molar-refractivity contribution in [1.82, 2.24) is 4.57 Å². The number of ether oxygens (including phenoxy) is 1. The number of hydrogen-bond acceptors (Lipinski definition) is 2. The monoisotopic (exact) mass is 437 g/mol. The minimum atomic E-state index is 0.163. The molecular formula is C29H29N2O2+. The third kappa shape index (κ3) is 3.75. The van der Waals surface area contributed by atoms with E-state index < -0.39 is 0 Å². The topological polar surface area (TPSA) is 35.7 Å². The van der Waals surface area contributed by atoms with Gasteiger partial charge in [-0.1, -0.05) is 36.4 Å². The molecular weight excluding hydrogens is 408 g/mol. The Morgan fingerprint density at radius 1 is 0.939 bits per heavy atom. The van der Waals surface area contributed by atoms with Gasteiger partial charge in [0.05, 0.1) is 20.2 Å². The van der Waals surface area contributed by atoms with Crippen LogP contribution >= 0.6 is 0 Å². The van der Waals surface area contributed by atoms with Crippen LogP contribution in [0.4, 0.5) is 0 Å². The highest BCUT2D eigenvalue weighted by molar-refractivity contribution is 5.87. The lowest BCUT2D eigenvalue weighted by Crippen LogP contribution is -3.13. The molecule has 0 saturated carbocycles. The van der Waals surface area contributed by atoms with E-state index in [4.69, 9.17) is 4.74 Å². The summed E-state index contributed by atoms with van der Waals surface area (Å²) in [6.45, 7) is 4.06. The lowest BCUT2D eigenvalue weighted by atomic mass is 9.82. The van der Waals surface area contributed by atoms with E-state index in [2.05, 4.69) is 65.2 Å². The Labute approximate surface area is 194 Å². The number of methoxy groups -OCH3 is 1. The maximum atomic E-state index is 13.6. The second-order valence-electron chi connectivity index (χ2n) is 9.63. The first kappa shape index (κ1) is 20.3. The predicted octanol–water partition coefficient (Wildman–Crippen LogP) is 3.88. The van der Waals surface area contributed by atoms with Crippen LogP contribution in [-0.2, 0) is 13.1 Å². The number of piperidine rings is 1. The van der Waals surface area contributed by atoms with Crippen LogP contribution in [0, 0.1) is 5.92 Å². The Morgan fingerprint density at radius 3 is 2.58 bits per heavy atom. The van der Waals surface area contributed by atoms with Gasteiger partial charge < -0.3 is 14.2 Å². The Bertz CT molecular complexity index is 1370. The highest BCUT2D eigenvalue weighted by Crippen LogP contribution is 2.32. The summed E-state index contributed by atoms with van der Waals surface area (Å²) in [5.41, 5.74) is 4.54. The van der Waals surface area contributed by atoms with Crippen molar-refractivity contribution in [2.45, 2.75) is 25.4 Å². The Kier molecular flexibility index (Phi) is 5.03. The van der Waals surface area contributed by atoms with E-state index in [1.165, 1.54) is 28.5 Å². The molecule has 4 nitrogen and oxygen atoms in total. The van der Waals surface area contributed by atoms with Crippen LogP contribution in [0.5, 0.6) is 5.75 Å². The molecule has 2 aliphatic heterocycles. The van der Waals surface area contributed by atoms with Gasteiger partial charge in [0.15, 0.2) is 0 Å². The predicted molar refractivity (Wildman–Crippen MR) is 132 cm³/mol. The standard InChI is InChI=1S/C29H28N2O2/c1-33-26-10-6-20(7-11-26)16-30-17-21-14-25(19-30)28-13-12-27(29(32)31(28)18-21)24-9-8-22-4-2-3-5-23(22)15-24/h2-13,15,21,25H,14,16-19H2,1H3/p+1/t21-,25+/m0/s1. The van der Waals surface area contributed by atoms with Gasteiger partial charge in [0.25, 0.3) is 5.56 Å². The van der Waals surface area contributed by atoms with E-state index >= 15 is 0 Å². The average molecular weight is 438 g/mol. The van der Waals surface area contributed by atoms with E-state index in [1.807, 2.05) is 18.2 Å². The van der Waals surface area contributed by atoms with Gasteiger partial charge >= 0.3 is 0 Å². The van der Waals surface area contributed by atoms with Crippen molar-refractivity contribution >= 4 is 10.8 Å². The number of nitrogens with one attached hydrogen (secondary N) is 1. The summed E-state index contributed by atoms with van der Waals surface area (Å²) in [4.78, 5) is 15.2. The van der Waals surface area contributed by atoms with Crippen molar-refractivity contribution in [2.75, 3.05) is 20.2 Å². The molecule has 4 heteroatoms. The van der Waals surface area contributed by atoms with E-state index in [1.54, 1.807) is 12.0 Å². The van der Waals surface area contributed by atoms with Gasteiger partial charge in [0, 0.05) is 35.2 Å². The molecule has 2 aliphatic rings. The molecule has 0 radical (unpaired) electrons. The summed E-state index contributed by atoms with van der Waals surface area (Å²) >= 11 is 0. The molecule has 0 spiro atoms. The first-order valence-corrected chi connectivity index (χ1v) is 11.9. The van der Waals surface area contributed by atoms with Crippen molar-refractivity contribution in [3.63, 3.8) is 0 Å². The SMILES string of the molecule is COc1ccc(C[NH+]2C[C@@H]3C[C@H](C2)c2ccc(-c4ccc5ccccc5c4)c(=O)n2C3)cc1. The smallest absolute Gasteiger partial charge is 0.258 e. The van der Waals surface area contributed by atoms with E-state index in [0.717, 1.165) is 43.1 Å². The molecule has 3 heterocycles. The van der Waals surface area contributed by atoms with Gasteiger partial charge in [-0.05, 0) is 65.2 Å². The molecule has 4 aromatic rings. The Morgan fingerprint density at radius 2 is 1.76 bits per heavy atom. The van der Waals surface area contributed by atoms with Crippen LogP contribution in [0.25, 0.3) is 21.9 Å². The second-order valence-corrected chi connectivity index (χ2v) is 9.63.